The number of amides is 1. The van der Waals surface area contributed by atoms with Crippen molar-refractivity contribution < 1.29 is 4.79 Å². The normalized spacial score (nSPS) is 23.7. The van der Waals surface area contributed by atoms with Crippen molar-refractivity contribution in [2.24, 2.45) is 5.92 Å². The summed E-state index contributed by atoms with van der Waals surface area (Å²) in [6.07, 6.45) is 8.17. The number of aryl methyl sites for hydroxylation is 1. The van der Waals surface area contributed by atoms with Crippen LogP contribution in [0.25, 0.3) is 10.2 Å². The van der Waals surface area contributed by atoms with Gasteiger partial charge in [-0.15, -0.1) is 0 Å². The number of thiazole rings is 1. The van der Waals surface area contributed by atoms with E-state index in [-0.39, 0.29) is 5.91 Å². The summed E-state index contributed by atoms with van der Waals surface area (Å²) in [5, 5.41) is 3.65. The van der Waals surface area contributed by atoms with E-state index < -0.39 is 0 Å². The smallest absolute Gasteiger partial charge is 0.224 e. The van der Waals surface area contributed by atoms with Crippen LogP contribution in [-0.4, -0.2) is 34.9 Å². The van der Waals surface area contributed by atoms with Gasteiger partial charge in [0.2, 0.25) is 5.91 Å². The van der Waals surface area contributed by atoms with Gasteiger partial charge < -0.3 is 16.0 Å². The fraction of sp³-hybridized carbons (Fsp3) is 0.600. The third kappa shape index (κ3) is 3.71. The van der Waals surface area contributed by atoms with Gasteiger partial charge >= 0.3 is 0 Å². The van der Waals surface area contributed by atoms with E-state index in [1.807, 2.05) is 19.1 Å². The average molecular weight is 373 g/mol. The Bertz CT molecular complexity index is 800. The number of benzene rings is 1. The molecule has 0 radical (unpaired) electrons. The van der Waals surface area contributed by atoms with Crippen LogP contribution in [0, 0.1) is 12.8 Å². The maximum Gasteiger partial charge on any atom is 0.224 e. The molecule has 1 aromatic heterocycles. The Balaban J connectivity index is 1.36. The molecule has 2 aromatic rings. The Hall–Kier alpha value is -1.66. The number of nitrogens with two attached hydrogens (primary N) is 1. The van der Waals surface area contributed by atoms with Gasteiger partial charge in [0.25, 0.3) is 0 Å². The molecule has 26 heavy (non-hydrogen) atoms. The van der Waals surface area contributed by atoms with E-state index in [1.165, 1.54) is 56.5 Å². The summed E-state index contributed by atoms with van der Waals surface area (Å²) < 4.78 is 1.03. The fourth-order valence-electron chi connectivity index (χ4n) is 4.74. The number of piperidine rings is 2. The number of hydrogen-bond acceptors (Lipinski definition) is 5. The molecule has 6 heteroatoms. The van der Waals surface area contributed by atoms with Crippen LogP contribution in [0.3, 0.4) is 0 Å². The summed E-state index contributed by atoms with van der Waals surface area (Å²) in [5.74, 6) is 0.800. The van der Waals surface area contributed by atoms with Crippen molar-refractivity contribution in [3.05, 3.63) is 17.7 Å². The zero-order valence-corrected chi connectivity index (χ0v) is 16.3. The van der Waals surface area contributed by atoms with Crippen LogP contribution < -0.4 is 11.1 Å². The lowest BCUT2D eigenvalue weighted by molar-refractivity contribution is -0.116. The molecule has 3 heterocycles. The van der Waals surface area contributed by atoms with Crippen molar-refractivity contribution in [2.45, 2.75) is 57.9 Å². The van der Waals surface area contributed by atoms with Crippen LogP contribution in [0.15, 0.2) is 12.1 Å². The molecule has 2 atom stereocenters. The van der Waals surface area contributed by atoms with Crippen molar-refractivity contribution in [3.8, 4) is 0 Å². The standard InChI is InChI=1S/C20H28N4OS/c1-13-11-15(12-17-19(13)23-20(21)26-17)22-18(25)8-7-14-5-4-10-24-9-3-2-6-16(14)24/h11-12,14,16H,2-10H2,1H3,(H2,21,23)(H,22,25)/t14-,16+/m0/s1. The molecular weight excluding hydrogens is 344 g/mol. The number of carbonyl (C=O) groups excluding carboxylic acids is 1. The first-order valence-electron chi connectivity index (χ1n) is 9.81. The Kier molecular flexibility index (Phi) is 5.14. The molecule has 0 aliphatic carbocycles. The van der Waals surface area contributed by atoms with Crippen LogP contribution in [-0.2, 0) is 4.79 Å². The van der Waals surface area contributed by atoms with Gasteiger partial charge in [0.15, 0.2) is 5.13 Å². The van der Waals surface area contributed by atoms with E-state index >= 15 is 0 Å². The number of nitrogen functional groups attached to an aromatic ring is 1. The number of aromatic nitrogens is 1. The predicted molar refractivity (Wildman–Crippen MR) is 109 cm³/mol. The van der Waals surface area contributed by atoms with E-state index in [9.17, 15) is 4.79 Å². The van der Waals surface area contributed by atoms with Crippen molar-refractivity contribution in [3.63, 3.8) is 0 Å². The van der Waals surface area contributed by atoms with Gasteiger partial charge in [-0.2, -0.15) is 0 Å². The molecule has 2 fully saturated rings. The van der Waals surface area contributed by atoms with Gasteiger partial charge in [-0.25, -0.2) is 4.98 Å². The lowest BCUT2D eigenvalue weighted by Gasteiger charge is -2.44. The maximum atomic E-state index is 12.5. The Morgan fingerprint density at radius 3 is 3.04 bits per heavy atom. The van der Waals surface area contributed by atoms with E-state index in [1.54, 1.807) is 0 Å². The molecule has 140 valence electrons. The quantitative estimate of drug-likeness (QED) is 0.845. The zero-order chi connectivity index (χ0) is 18.1. The summed E-state index contributed by atoms with van der Waals surface area (Å²) >= 11 is 1.47. The van der Waals surface area contributed by atoms with Gasteiger partial charge in [-0.05, 0) is 75.7 Å². The number of hydrogen-bond donors (Lipinski definition) is 2. The average Bonchev–Trinajstić information content (AvgIpc) is 3.01. The van der Waals surface area contributed by atoms with Crippen LogP contribution in [0.1, 0.15) is 50.5 Å². The minimum Gasteiger partial charge on any atom is -0.375 e. The monoisotopic (exact) mass is 372 g/mol. The van der Waals surface area contributed by atoms with Crippen molar-refractivity contribution in [1.29, 1.82) is 0 Å². The lowest BCUT2D eigenvalue weighted by Crippen LogP contribution is -2.48. The molecule has 4 rings (SSSR count). The SMILES string of the molecule is Cc1cc(NC(=O)CC[C@@H]2CCCN3CCCC[C@H]23)cc2sc(N)nc12. The predicted octanol–water partition coefficient (Wildman–Crippen LogP) is 4.17. The highest BCUT2D eigenvalue weighted by Crippen LogP contribution is 2.34. The first kappa shape index (κ1) is 17.7. The number of nitrogens with zero attached hydrogens (tertiary/aromatic N) is 2. The molecule has 0 saturated carbocycles. The van der Waals surface area contributed by atoms with Gasteiger partial charge in [-0.3, -0.25) is 4.79 Å². The first-order chi connectivity index (χ1) is 12.6. The minimum absolute atomic E-state index is 0.120. The third-order valence-electron chi connectivity index (χ3n) is 5.96. The Morgan fingerprint density at radius 1 is 1.31 bits per heavy atom. The minimum atomic E-state index is 0.120. The zero-order valence-electron chi connectivity index (χ0n) is 15.5. The molecule has 1 amide bonds. The van der Waals surface area contributed by atoms with Gasteiger partial charge in [0, 0.05) is 18.2 Å². The number of fused-ring (bicyclic) bond motifs is 2. The van der Waals surface area contributed by atoms with Gasteiger partial charge in [-0.1, -0.05) is 17.8 Å². The highest BCUT2D eigenvalue weighted by Gasteiger charge is 2.32. The number of carbonyl (C=O) groups is 1. The number of rotatable bonds is 4. The van der Waals surface area contributed by atoms with Crippen LogP contribution in [0.5, 0.6) is 0 Å². The summed E-state index contributed by atoms with van der Waals surface area (Å²) in [7, 11) is 0. The molecule has 2 aliphatic rings. The Labute approximate surface area is 159 Å². The molecule has 2 aliphatic heterocycles. The summed E-state index contributed by atoms with van der Waals surface area (Å²) in [4.78, 5) is 19.5. The molecule has 0 spiro atoms. The molecule has 0 bridgehead atoms. The molecule has 0 unspecified atom stereocenters. The van der Waals surface area contributed by atoms with E-state index in [2.05, 4.69) is 15.2 Å². The largest absolute Gasteiger partial charge is 0.375 e. The number of anilines is 2. The molecule has 2 saturated heterocycles. The van der Waals surface area contributed by atoms with E-state index in [0.717, 1.165) is 27.9 Å². The molecule has 3 N–H and O–H groups in total. The fourth-order valence-corrected chi connectivity index (χ4v) is 5.59. The lowest BCUT2D eigenvalue weighted by atomic mass is 9.81. The van der Waals surface area contributed by atoms with Crippen LogP contribution >= 0.6 is 11.3 Å². The highest BCUT2D eigenvalue weighted by atomic mass is 32.1. The van der Waals surface area contributed by atoms with Crippen molar-refractivity contribution >= 4 is 38.3 Å². The van der Waals surface area contributed by atoms with E-state index in [0.29, 0.717) is 23.5 Å². The summed E-state index contributed by atoms with van der Waals surface area (Å²) in [6, 6.07) is 4.68. The van der Waals surface area contributed by atoms with Crippen molar-refractivity contribution in [2.75, 3.05) is 24.1 Å². The summed E-state index contributed by atoms with van der Waals surface area (Å²) in [6.45, 7) is 4.52. The molecule has 5 nitrogen and oxygen atoms in total. The Morgan fingerprint density at radius 2 is 2.15 bits per heavy atom. The second-order valence-electron chi connectivity index (χ2n) is 7.78. The second-order valence-corrected chi connectivity index (χ2v) is 8.84. The number of nitrogens with one attached hydrogen (secondary N) is 1. The van der Waals surface area contributed by atoms with Gasteiger partial charge in [0.1, 0.15) is 0 Å². The first-order valence-corrected chi connectivity index (χ1v) is 10.6. The molecular formula is C20H28N4OS. The van der Waals surface area contributed by atoms with Gasteiger partial charge in [0.05, 0.1) is 10.2 Å². The highest BCUT2D eigenvalue weighted by molar-refractivity contribution is 7.22. The maximum absolute atomic E-state index is 12.5. The second kappa shape index (κ2) is 7.53. The van der Waals surface area contributed by atoms with Crippen molar-refractivity contribution in [1.82, 2.24) is 9.88 Å². The topological polar surface area (TPSA) is 71.2 Å². The van der Waals surface area contributed by atoms with Crippen LogP contribution in [0.2, 0.25) is 0 Å². The summed E-state index contributed by atoms with van der Waals surface area (Å²) in [5.41, 5.74) is 8.65. The van der Waals surface area contributed by atoms with Crippen LogP contribution in [0.4, 0.5) is 10.8 Å². The van der Waals surface area contributed by atoms with E-state index in [4.69, 9.17) is 5.73 Å². The third-order valence-corrected chi connectivity index (χ3v) is 6.79. The molecule has 1 aromatic carbocycles.